The summed E-state index contributed by atoms with van der Waals surface area (Å²) in [7, 11) is 1.64. The molecule has 0 aromatic carbocycles. The molecule has 0 amide bonds. The molecule has 0 aliphatic carbocycles. The molecule has 4 atom stereocenters. The van der Waals surface area contributed by atoms with Crippen LogP contribution in [0.3, 0.4) is 0 Å². The van der Waals surface area contributed by atoms with Crippen LogP contribution in [0.2, 0.25) is 0 Å². The van der Waals surface area contributed by atoms with Gasteiger partial charge in [0.15, 0.2) is 0 Å². The molecule has 1 rings (SSSR count). The van der Waals surface area contributed by atoms with E-state index in [2.05, 4.69) is 0 Å². The van der Waals surface area contributed by atoms with Crippen LogP contribution in [0.4, 0.5) is 0 Å². The largest absolute Gasteiger partial charge is 0.488 e. The lowest BCUT2D eigenvalue weighted by Crippen LogP contribution is -2.53. The van der Waals surface area contributed by atoms with Gasteiger partial charge in [0.2, 0.25) is 0 Å². The molecule has 1 aliphatic heterocycles. The second-order valence-corrected chi connectivity index (χ2v) is 2.96. The minimum Gasteiger partial charge on any atom is -0.488 e. The van der Waals surface area contributed by atoms with Crippen molar-refractivity contribution in [3.63, 3.8) is 0 Å². The molecular formula is C7H13BO5. The van der Waals surface area contributed by atoms with Crippen molar-refractivity contribution in [2.75, 3.05) is 6.61 Å². The van der Waals surface area contributed by atoms with E-state index < -0.39 is 31.0 Å². The molecule has 0 spiro atoms. The predicted molar refractivity (Wildman–Crippen MR) is 46.6 cm³/mol. The third-order valence-corrected chi connectivity index (χ3v) is 2.10. The molecular weight excluding hydrogens is 175 g/mol. The Kier molecular flexibility index (Phi) is 3.32. The van der Waals surface area contributed by atoms with Gasteiger partial charge in [-0.05, 0) is 0 Å². The smallest absolute Gasteiger partial charge is 0.150 e. The van der Waals surface area contributed by atoms with E-state index in [0.717, 1.165) is 0 Å². The standard InChI is InChI=1S/C7H13BO5/c8-1-3-5(10)7(12)6(11)4(2-9)13-3/h1,4-7,9-12H,2,8H2/b3-1-/t4?,5-,6+,7?/m1/s1. The van der Waals surface area contributed by atoms with Gasteiger partial charge in [0.1, 0.15) is 38.0 Å². The van der Waals surface area contributed by atoms with Crippen molar-refractivity contribution in [1.29, 1.82) is 0 Å². The molecule has 0 aromatic rings. The van der Waals surface area contributed by atoms with Gasteiger partial charge in [0.25, 0.3) is 0 Å². The van der Waals surface area contributed by atoms with Crippen LogP contribution in [0.1, 0.15) is 0 Å². The summed E-state index contributed by atoms with van der Waals surface area (Å²) in [4.78, 5) is 0. The first-order valence-corrected chi connectivity index (χ1v) is 4.09. The molecule has 1 heterocycles. The number of rotatable bonds is 1. The average molecular weight is 188 g/mol. The molecule has 5 nitrogen and oxygen atoms in total. The Morgan fingerprint density at radius 3 is 2.38 bits per heavy atom. The molecule has 1 saturated heterocycles. The van der Waals surface area contributed by atoms with Crippen molar-refractivity contribution < 1.29 is 25.2 Å². The fourth-order valence-electron chi connectivity index (χ4n) is 1.27. The molecule has 13 heavy (non-hydrogen) atoms. The second-order valence-electron chi connectivity index (χ2n) is 2.96. The van der Waals surface area contributed by atoms with E-state index in [0.29, 0.717) is 0 Å². The summed E-state index contributed by atoms with van der Waals surface area (Å²) in [5, 5.41) is 36.7. The molecule has 6 heteroatoms. The van der Waals surface area contributed by atoms with Gasteiger partial charge in [-0.15, -0.1) is 0 Å². The SMILES string of the molecule is B/C=C1\OC(CO)[C@H](O)C(O)[C@@H]1O. The van der Waals surface area contributed by atoms with E-state index in [9.17, 15) is 15.3 Å². The summed E-state index contributed by atoms with van der Waals surface area (Å²) in [5.74, 6) is 1.67. The quantitative estimate of drug-likeness (QED) is 0.328. The predicted octanol–water partition coefficient (Wildman–Crippen LogP) is -3.07. The van der Waals surface area contributed by atoms with Gasteiger partial charge < -0.3 is 25.2 Å². The third kappa shape index (κ3) is 1.86. The van der Waals surface area contributed by atoms with Gasteiger partial charge in [-0.3, -0.25) is 0 Å². The normalized spacial score (nSPS) is 43.2. The van der Waals surface area contributed by atoms with E-state index in [1.807, 2.05) is 0 Å². The minimum absolute atomic E-state index is 0.178. The zero-order valence-corrected chi connectivity index (χ0v) is 7.29. The first kappa shape index (κ1) is 10.5. The second kappa shape index (κ2) is 4.10. The van der Waals surface area contributed by atoms with Gasteiger partial charge in [0.05, 0.1) is 6.61 Å². The fourth-order valence-corrected chi connectivity index (χ4v) is 1.27. The zero-order valence-electron chi connectivity index (χ0n) is 7.29. The summed E-state index contributed by atoms with van der Waals surface area (Å²) in [6, 6.07) is 0. The van der Waals surface area contributed by atoms with Crippen LogP contribution in [-0.4, -0.2) is 59.3 Å². The van der Waals surface area contributed by atoms with Gasteiger partial charge in [-0.25, -0.2) is 0 Å². The fraction of sp³-hybridized carbons (Fsp3) is 0.714. The van der Waals surface area contributed by atoms with Crippen molar-refractivity contribution in [2.45, 2.75) is 24.4 Å². The number of aliphatic hydroxyl groups is 4. The van der Waals surface area contributed by atoms with Crippen molar-refractivity contribution in [2.24, 2.45) is 0 Å². The molecule has 74 valence electrons. The Balaban J connectivity index is 2.78. The van der Waals surface area contributed by atoms with Crippen LogP contribution in [0.25, 0.3) is 0 Å². The molecule has 0 radical (unpaired) electrons. The highest BCUT2D eigenvalue weighted by Gasteiger charge is 2.40. The summed E-state index contributed by atoms with van der Waals surface area (Å²) < 4.78 is 5.03. The summed E-state index contributed by atoms with van der Waals surface area (Å²) >= 11 is 0. The first-order valence-electron chi connectivity index (χ1n) is 4.09. The molecule has 0 bridgehead atoms. The number of aliphatic hydroxyl groups excluding tert-OH is 4. The Morgan fingerprint density at radius 2 is 1.92 bits per heavy atom. The Labute approximate surface area is 76.7 Å². The number of ether oxygens (including phenoxy) is 1. The monoisotopic (exact) mass is 188 g/mol. The van der Waals surface area contributed by atoms with Crippen LogP contribution < -0.4 is 0 Å². The third-order valence-electron chi connectivity index (χ3n) is 2.10. The van der Waals surface area contributed by atoms with E-state index >= 15 is 0 Å². The highest BCUT2D eigenvalue weighted by molar-refractivity contribution is 6.17. The van der Waals surface area contributed by atoms with Crippen LogP contribution in [0, 0.1) is 0 Å². The van der Waals surface area contributed by atoms with E-state index in [-0.39, 0.29) is 5.76 Å². The molecule has 0 aromatic heterocycles. The maximum Gasteiger partial charge on any atom is 0.150 e. The first-order chi connectivity index (χ1) is 6.11. The van der Waals surface area contributed by atoms with Crippen LogP contribution >= 0.6 is 0 Å². The number of hydrogen-bond acceptors (Lipinski definition) is 5. The lowest BCUT2D eigenvalue weighted by molar-refractivity contribution is -0.164. The van der Waals surface area contributed by atoms with Crippen molar-refractivity contribution >= 4 is 7.85 Å². The maximum absolute atomic E-state index is 9.34. The number of hydrogen-bond donors (Lipinski definition) is 4. The van der Waals surface area contributed by atoms with Crippen LogP contribution in [-0.2, 0) is 4.74 Å². The van der Waals surface area contributed by atoms with Crippen molar-refractivity contribution in [3.8, 4) is 0 Å². The van der Waals surface area contributed by atoms with Crippen LogP contribution in [0.5, 0.6) is 0 Å². The Bertz CT molecular complexity index is 205. The molecule has 4 N–H and O–H groups in total. The summed E-state index contributed by atoms with van der Waals surface area (Å²) in [6.07, 6.45) is -4.66. The summed E-state index contributed by atoms with van der Waals surface area (Å²) in [5.41, 5.74) is 0. The maximum atomic E-state index is 9.34. The zero-order chi connectivity index (χ0) is 10.0. The van der Waals surface area contributed by atoms with Gasteiger partial charge in [-0.1, -0.05) is 5.98 Å². The highest BCUT2D eigenvalue weighted by atomic mass is 16.5. The van der Waals surface area contributed by atoms with Gasteiger partial charge in [-0.2, -0.15) is 0 Å². The molecule has 2 unspecified atom stereocenters. The van der Waals surface area contributed by atoms with E-state index in [1.165, 1.54) is 5.98 Å². The topological polar surface area (TPSA) is 90.2 Å². The van der Waals surface area contributed by atoms with Crippen molar-refractivity contribution in [3.05, 3.63) is 11.7 Å². The summed E-state index contributed by atoms with van der Waals surface area (Å²) in [6.45, 7) is -0.401. The highest BCUT2D eigenvalue weighted by Crippen LogP contribution is 2.22. The Morgan fingerprint density at radius 1 is 1.31 bits per heavy atom. The van der Waals surface area contributed by atoms with E-state index in [1.54, 1.807) is 7.85 Å². The van der Waals surface area contributed by atoms with Crippen molar-refractivity contribution in [1.82, 2.24) is 0 Å². The van der Waals surface area contributed by atoms with Gasteiger partial charge in [0, 0.05) is 0 Å². The molecule has 1 aliphatic rings. The minimum atomic E-state index is -1.31. The average Bonchev–Trinajstić information content (AvgIpc) is 2.15. The van der Waals surface area contributed by atoms with Gasteiger partial charge >= 0.3 is 0 Å². The van der Waals surface area contributed by atoms with Crippen LogP contribution in [0.15, 0.2) is 11.7 Å². The Hall–Kier alpha value is -0.555. The lowest BCUT2D eigenvalue weighted by Gasteiger charge is -2.36. The van der Waals surface area contributed by atoms with E-state index in [4.69, 9.17) is 9.84 Å². The lowest BCUT2D eigenvalue weighted by atomic mass is 9.95. The molecule has 1 fully saturated rings. The molecule has 0 saturated carbocycles.